The number of amides is 3. The lowest BCUT2D eigenvalue weighted by Gasteiger charge is -2.27. The van der Waals surface area contributed by atoms with Gasteiger partial charge in [0.15, 0.2) is 6.61 Å². The third-order valence-corrected chi connectivity index (χ3v) is 7.21. The first-order valence-electron chi connectivity index (χ1n) is 14.0. The van der Waals surface area contributed by atoms with Crippen molar-refractivity contribution in [2.45, 2.75) is 39.2 Å². The van der Waals surface area contributed by atoms with Crippen LogP contribution in [-0.4, -0.2) is 30.4 Å². The molecule has 1 unspecified atom stereocenters. The van der Waals surface area contributed by atoms with Gasteiger partial charge in [-0.1, -0.05) is 61.5 Å². The van der Waals surface area contributed by atoms with Gasteiger partial charge in [-0.05, 0) is 79.4 Å². The third kappa shape index (κ3) is 6.28. The predicted octanol–water partition coefficient (Wildman–Crippen LogP) is 5.77. The molecule has 214 valence electrons. The number of nitrogens with zero attached hydrogens (tertiary/aromatic N) is 1. The molecule has 1 heterocycles. The van der Waals surface area contributed by atoms with Gasteiger partial charge in [0, 0.05) is 5.56 Å². The smallest absolute Gasteiger partial charge is 0.261 e. The maximum atomic E-state index is 13.5. The molecule has 0 aromatic heterocycles. The number of hydrazine groups is 1. The molecule has 8 nitrogen and oxygen atoms in total. The molecule has 0 bridgehead atoms. The Balaban J connectivity index is 1.16. The fraction of sp³-hybridized carbons (Fsp3) is 0.206. The van der Waals surface area contributed by atoms with Gasteiger partial charge in [-0.25, -0.2) is 5.01 Å². The number of rotatable bonds is 9. The highest BCUT2D eigenvalue weighted by molar-refractivity contribution is 6.06. The van der Waals surface area contributed by atoms with Crippen LogP contribution in [-0.2, 0) is 20.8 Å². The topological polar surface area (TPSA) is 97.0 Å². The van der Waals surface area contributed by atoms with Crippen LogP contribution in [0.25, 0.3) is 11.1 Å². The number of carbonyl (C=O) groups excluding carboxylic acids is 3. The summed E-state index contributed by atoms with van der Waals surface area (Å²) >= 11 is 0. The largest absolute Gasteiger partial charge is 0.484 e. The number of para-hydroxylation sites is 1. The Morgan fingerprint density at radius 3 is 2.12 bits per heavy atom. The van der Waals surface area contributed by atoms with E-state index in [2.05, 4.69) is 17.7 Å². The van der Waals surface area contributed by atoms with Gasteiger partial charge in [0.1, 0.15) is 23.3 Å². The Morgan fingerprint density at radius 1 is 0.833 bits per heavy atom. The second kappa shape index (κ2) is 12.6. The lowest BCUT2D eigenvalue weighted by molar-refractivity contribution is -0.131. The Labute approximate surface area is 245 Å². The predicted molar refractivity (Wildman–Crippen MR) is 161 cm³/mol. The molecular formula is C34H33N3O5. The van der Waals surface area contributed by atoms with E-state index in [1.165, 1.54) is 10.6 Å². The highest BCUT2D eigenvalue weighted by atomic mass is 16.5. The molecule has 5 rings (SSSR count). The van der Waals surface area contributed by atoms with Crippen LogP contribution in [0.15, 0.2) is 97.1 Å². The highest BCUT2D eigenvalue weighted by Gasteiger charge is 2.33. The minimum absolute atomic E-state index is 0.270. The molecule has 0 spiro atoms. The standard InChI is InChI=1S/C34H33N3O5/c1-4-24-13-15-26(16-14-24)42-27-19-17-25(18-20-27)41-21-32(38)35-23(3)33(39)36-37-31-12-8-7-11-30(31)29-10-6-5-9-28(29)22(2)34(37)40/h5-20,22-23H,4,21H2,1-3H3,(H,35,38)(H,36,39)/t22?,23-/m0/s1. The van der Waals surface area contributed by atoms with E-state index in [0.717, 1.165) is 28.9 Å². The minimum Gasteiger partial charge on any atom is -0.484 e. The number of ether oxygens (including phenoxy) is 2. The van der Waals surface area contributed by atoms with Crippen molar-refractivity contribution >= 4 is 23.4 Å². The number of benzene rings is 4. The Morgan fingerprint density at radius 2 is 1.43 bits per heavy atom. The molecule has 3 amide bonds. The van der Waals surface area contributed by atoms with E-state index >= 15 is 0 Å². The van der Waals surface area contributed by atoms with Crippen molar-refractivity contribution in [3.05, 3.63) is 108 Å². The van der Waals surface area contributed by atoms with Gasteiger partial charge in [-0.15, -0.1) is 0 Å². The molecule has 2 atom stereocenters. The van der Waals surface area contributed by atoms with Gasteiger partial charge in [0.2, 0.25) is 0 Å². The highest BCUT2D eigenvalue weighted by Crippen LogP contribution is 2.40. The Kier molecular flexibility index (Phi) is 8.52. The van der Waals surface area contributed by atoms with Gasteiger partial charge in [0.25, 0.3) is 17.7 Å². The van der Waals surface area contributed by atoms with E-state index in [-0.39, 0.29) is 12.5 Å². The molecule has 2 N–H and O–H groups in total. The zero-order valence-corrected chi connectivity index (χ0v) is 23.8. The van der Waals surface area contributed by atoms with E-state index in [1.807, 2.05) is 73.7 Å². The number of carbonyl (C=O) groups is 3. The van der Waals surface area contributed by atoms with Crippen LogP contribution in [0.2, 0.25) is 0 Å². The molecule has 0 saturated carbocycles. The van der Waals surface area contributed by atoms with Gasteiger partial charge in [-0.2, -0.15) is 0 Å². The lowest BCUT2D eigenvalue weighted by Crippen LogP contribution is -2.54. The van der Waals surface area contributed by atoms with Crippen molar-refractivity contribution in [2.75, 3.05) is 11.6 Å². The van der Waals surface area contributed by atoms with Crippen LogP contribution < -0.4 is 25.2 Å². The summed E-state index contributed by atoms with van der Waals surface area (Å²) in [5, 5.41) is 3.92. The summed E-state index contributed by atoms with van der Waals surface area (Å²) in [4.78, 5) is 39.2. The SMILES string of the molecule is CCc1ccc(Oc2ccc(OCC(=O)N[C@@H](C)C(=O)NN3C(=O)C(C)c4ccccc4-c4ccccc43)cc2)cc1. The molecule has 0 saturated heterocycles. The fourth-order valence-corrected chi connectivity index (χ4v) is 4.81. The zero-order chi connectivity index (χ0) is 29.6. The van der Waals surface area contributed by atoms with Gasteiger partial charge in [-0.3, -0.25) is 19.8 Å². The number of hydrogen-bond donors (Lipinski definition) is 2. The molecule has 0 aliphatic carbocycles. The second-order valence-corrected chi connectivity index (χ2v) is 10.1. The number of hydrogen-bond acceptors (Lipinski definition) is 5. The maximum absolute atomic E-state index is 13.5. The molecule has 1 aliphatic heterocycles. The van der Waals surface area contributed by atoms with Crippen LogP contribution >= 0.6 is 0 Å². The van der Waals surface area contributed by atoms with E-state index in [0.29, 0.717) is 17.2 Å². The summed E-state index contributed by atoms with van der Waals surface area (Å²) in [6, 6.07) is 29.0. The van der Waals surface area contributed by atoms with Crippen LogP contribution in [0.1, 0.15) is 37.8 Å². The van der Waals surface area contributed by atoms with Crippen LogP contribution in [0.3, 0.4) is 0 Å². The summed E-state index contributed by atoms with van der Waals surface area (Å²) in [5.74, 6) is 0.102. The number of anilines is 1. The average Bonchev–Trinajstić information content (AvgIpc) is 3.10. The molecule has 8 heteroatoms. The first kappa shape index (κ1) is 28.4. The van der Waals surface area contributed by atoms with Crippen molar-refractivity contribution in [3.63, 3.8) is 0 Å². The Bertz CT molecular complexity index is 1580. The third-order valence-electron chi connectivity index (χ3n) is 7.21. The van der Waals surface area contributed by atoms with E-state index in [1.54, 1.807) is 37.3 Å². The molecule has 42 heavy (non-hydrogen) atoms. The summed E-state index contributed by atoms with van der Waals surface area (Å²) in [6.07, 6.45) is 0.963. The summed E-state index contributed by atoms with van der Waals surface area (Å²) in [5.41, 5.74) is 7.18. The van der Waals surface area contributed by atoms with Crippen molar-refractivity contribution < 1.29 is 23.9 Å². The summed E-state index contributed by atoms with van der Waals surface area (Å²) in [7, 11) is 0. The van der Waals surface area contributed by atoms with Crippen molar-refractivity contribution in [1.29, 1.82) is 0 Å². The quantitative estimate of drug-likeness (QED) is 0.269. The van der Waals surface area contributed by atoms with Gasteiger partial charge >= 0.3 is 0 Å². The molecular weight excluding hydrogens is 530 g/mol. The van der Waals surface area contributed by atoms with Crippen LogP contribution in [0.5, 0.6) is 17.2 Å². The van der Waals surface area contributed by atoms with E-state index in [9.17, 15) is 14.4 Å². The minimum atomic E-state index is -0.920. The molecule has 1 aliphatic rings. The first-order valence-corrected chi connectivity index (χ1v) is 14.0. The molecule has 0 fully saturated rings. The zero-order valence-electron chi connectivity index (χ0n) is 23.8. The number of fused-ring (bicyclic) bond motifs is 3. The van der Waals surface area contributed by atoms with E-state index in [4.69, 9.17) is 9.47 Å². The summed E-state index contributed by atoms with van der Waals surface area (Å²) in [6.45, 7) is 5.19. The maximum Gasteiger partial charge on any atom is 0.261 e. The average molecular weight is 564 g/mol. The number of aryl methyl sites for hydroxylation is 1. The molecule has 4 aromatic rings. The Hall–Kier alpha value is -5.11. The molecule has 4 aromatic carbocycles. The van der Waals surface area contributed by atoms with Crippen molar-refractivity contribution in [2.24, 2.45) is 0 Å². The first-order chi connectivity index (χ1) is 20.3. The van der Waals surface area contributed by atoms with Crippen LogP contribution in [0.4, 0.5) is 5.69 Å². The monoisotopic (exact) mass is 563 g/mol. The van der Waals surface area contributed by atoms with Crippen molar-refractivity contribution in [3.8, 4) is 28.4 Å². The summed E-state index contributed by atoms with van der Waals surface area (Å²) < 4.78 is 11.5. The fourth-order valence-electron chi connectivity index (χ4n) is 4.81. The lowest BCUT2D eigenvalue weighted by atomic mass is 9.92. The number of nitrogens with one attached hydrogen (secondary N) is 2. The van der Waals surface area contributed by atoms with Gasteiger partial charge < -0.3 is 14.8 Å². The van der Waals surface area contributed by atoms with Crippen LogP contribution in [0, 0.1) is 0 Å². The second-order valence-electron chi connectivity index (χ2n) is 10.1. The normalized spacial score (nSPS) is 14.6. The van der Waals surface area contributed by atoms with Gasteiger partial charge in [0.05, 0.1) is 11.6 Å². The van der Waals surface area contributed by atoms with Crippen molar-refractivity contribution in [1.82, 2.24) is 10.7 Å². The molecule has 0 radical (unpaired) electrons. The van der Waals surface area contributed by atoms with E-state index < -0.39 is 23.8 Å².